The summed E-state index contributed by atoms with van der Waals surface area (Å²) in [5, 5.41) is 15.8. The molecule has 3 heterocycles. The molecule has 4 rings (SSSR count). The highest BCUT2D eigenvalue weighted by Gasteiger charge is 2.29. The van der Waals surface area contributed by atoms with Crippen LogP contribution in [0.1, 0.15) is 26.7 Å². The first-order chi connectivity index (χ1) is 14.2. The lowest BCUT2D eigenvalue weighted by molar-refractivity contribution is -0.122. The summed E-state index contributed by atoms with van der Waals surface area (Å²) in [5.74, 6) is 1.84. The van der Waals surface area contributed by atoms with Gasteiger partial charge in [0, 0.05) is 31.2 Å². The molecule has 29 heavy (non-hydrogen) atoms. The lowest BCUT2D eigenvalue weighted by Gasteiger charge is -2.34. The molecule has 0 aliphatic carbocycles. The van der Waals surface area contributed by atoms with Gasteiger partial charge in [0.2, 0.25) is 5.91 Å². The van der Waals surface area contributed by atoms with Gasteiger partial charge in [0.25, 0.3) is 0 Å². The number of carbonyl (C=O) groups is 1. The maximum atomic E-state index is 13.2. The van der Waals surface area contributed by atoms with Gasteiger partial charge in [-0.05, 0) is 73.5 Å². The second-order valence-electron chi connectivity index (χ2n) is 6.99. The zero-order valence-corrected chi connectivity index (χ0v) is 16.7. The molecule has 2 aromatic heterocycles. The predicted molar refractivity (Wildman–Crippen MR) is 109 cm³/mol. The maximum absolute atomic E-state index is 13.2. The summed E-state index contributed by atoms with van der Waals surface area (Å²) in [6, 6.07) is 11.5. The molecule has 0 atom stereocenters. The Morgan fingerprint density at radius 3 is 2.59 bits per heavy atom. The van der Waals surface area contributed by atoms with E-state index in [-0.39, 0.29) is 11.8 Å². The number of rotatable bonds is 6. The van der Waals surface area contributed by atoms with Crippen LogP contribution >= 0.6 is 0 Å². The van der Waals surface area contributed by atoms with E-state index in [9.17, 15) is 4.79 Å². The highest BCUT2D eigenvalue weighted by atomic mass is 16.5. The largest absolute Gasteiger partial charge is 0.494 e. The molecule has 0 radical (unpaired) electrons. The summed E-state index contributed by atoms with van der Waals surface area (Å²) in [5.41, 5.74) is 1.53. The molecule has 0 N–H and O–H groups in total. The molecule has 1 fully saturated rings. The summed E-state index contributed by atoms with van der Waals surface area (Å²) in [6.07, 6.45) is 1.59. The molecule has 0 bridgehead atoms. The molecule has 3 aromatic rings. The third-order valence-electron chi connectivity index (χ3n) is 5.27. The van der Waals surface area contributed by atoms with Crippen molar-refractivity contribution in [2.45, 2.75) is 26.7 Å². The molecule has 0 saturated carbocycles. The van der Waals surface area contributed by atoms with Crippen molar-refractivity contribution < 1.29 is 9.53 Å². The monoisotopic (exact) mass is 395 g/mol. The van der Waals surface area contributed by atoms with Gasteiger partial charge in [0.05, 0.1) is 6.61 Å². The van der Waals surface area contributed by atoms with Gasteiger partial charge in [-0.25, -0.2) is 0 Å². The van der Waals surface area contributed by atoms with E-state index < -0.39 is 0 Å². The van der Waals surface area contributed by atoms with Crippen LogP contribution in [-0.4, -0.2) is 57.4 Å². The van der Waals surface area contributed by atoms with E-state index in [1.165, 1.54) is 4.63 Å². The minimum atomic E-state index is 0.00883. The Morgan fingerprint density at radius 2 is 1.90 bits per heavy atom. The molecule has 1 aliphatic rings. The zero-order valence-electron chi connectivity index (χ0n) is 16.7. The van der Waals surface area contributed by atoms with Crippen LogP contribution in [0.3, 0.4) is 0 Å². The molecule has 9 heteroatoms. The summed E-state index contributed by atoms with van der Waals surface area (Å²) < 4.78 is 6.93. The van der Waals surface area contributed by atoms with Crippen molar-refractivity contribution in [3.63, 3.8) is 0 Å². The molecule has 1 saturated heterocycles. The number of amides is 1. The van der Waals surface area contributed by atoms with Gasteiger partial charge in [0.1, 0.15) is 5.75 Å². The van der Waals surface area contributed by atoms with Crippen LogP contribution in [0.5, 0.6) is 5.75 Å². The van der Waals surface area contributed by atoms with Gasteiger partial charge in [-0.1, -0.05) is 0 Å². The second kappa shape index (κ2) is 8.42. The van der Waals surface area contributed by atoms with E-state index in [1.54, 1.807) is 0 Å². The minimum absolute atomic E-state index is 0.00883. The summed E-state index contributed by atoms with van der Waals surface area (Å²) in [7, 11) is 0. The summed E-state index contributed by atoms with van der Waals surface area (Å²) in [4.78, 5) is 17.2. The van der Waals surface area contributed by atoms with Crippen molar-refractivity contribution in [1.29, 1.82) is 0 Å². The van der Waals surface area contributed by atoms with Gasteiger partial charge in [0.15, 0.2) is 11.5 Å². The SMILES string of the molecule is CCOc1ccc(N(CC)C(=O)C2CCN(c3ccc4nnnn4n3)CC2)cc1. The molecular formula is C20H25N7O2. The van der Waals surface area contributed by atoms with Crippen LogP contribution in [-0.2, 0) is 4.79 Å². The Kier molecular flexibility index (Phi) is 5.55. The average Bonchev–Trinajstić information content (AvgIpc) is 3.23. The van der Waals surface area contributed by atoms with E-state index >= 15 is 0 Å². The van der Waals surface area contributed by atoms with Gasteiger partial charge < -0.3 is 14.5 Å². The molecule has 0 spiro atoms. The zero-order chi connectivity index (χ0) is 20.2. The fourth-order valence-corrected chi connectivity index (χ4v) is 3.74. The number of aromatic nitrogens is 5. The van der Waals surface area contributed by atoms with Gasteiger partial charge >= 0.3 is 0 Å². The van der Waals surface area contributed by atoms with Crippen LogP contribution < -0.4 is 14.5 Å². The van der Waals surface area contributed by atoms with Gasteiger partial charge in [-0.15, -0.1) is 14.8 Å². The molecule has 1 aromatic carbocycles. The van der Waals surface area contributed by atoms with Crippen molar-refractivity contribution in [2.75, 3.05) is 36.0 Å². The Balaban J connectivity index is 1.40. The smallest absolute Gasteiger partial charge is 0.230 e. The van der Waals surface area contributed by atoms with Crippen molar-refractivity contribution >= 4 is 23.1 Å². The lowest BCUT2D eigenvalue weighted by atomic mass is 9.95. The van der Waals surface area contributed by atoms with Crippen LogP contribution in [0.25, 0.3) is 5.65 Å². The highest BCUT2D eigenvalue weighted by molar-refractivity contribution is 5.95. The molecule has 9 nitrogen and oxygen atoms in total. The minimum Gasteiger partial charge on any atom is -0.494 e. The number of anilines is 2. The second-order valence-corrected chi connectivity index (χ2v) is 6.99. The first-order valence-electron chi connectivity index (χ1n) is 10.0. The van der Waals surface area contributed by atoms with Crippen molar-refractivity contribution in [3.05, 3.63) is 36.4 Å². The van der Waals surface area contributed by atoms with Gasteiger partial charge in [-0.3, -0.25) is 4.79 Å². The van der Waals surface area contributed by atoms with Crippen LogP contribution in [0.15, 0.2) is 36.4 Å². The number of nitrogens with zero attached hydrogens (tertiary/aromatic N) is 7. The number of benzene rings is 1. The number of piperidine rings is 1. The molecule has 1 amide bonds. The molecule has 1 aliphatic heterocycles. The topological polar surface area (TPSA) is 88.8 Å². The van der Waals surface area contributed by atoms with Crippen molar-refractivity contribution in [3.8, 4) is 5.75 Å². The summed E-state index contributed by atoms with van der Waals surface area (Å²) in [6.45, 7) is 6.79. The Labute approximate surface area is 169 Å². The predicted octanol–water partition coefficient (Wildman–Crippen LogP) is 2.19. The Hall–Kier alpha value is -3.23. The van der Waals surface area contributed by atoms with Crippen molar-refractivity contribution in [2.24, 2.45) is 5.92 Å². The molecule has 152 valence electrons. The van der Waals surface area contributed by atoms with E-state index in [4.69, 9.17) is 4.74 Å². The fraction of sp³-hybridized carbons (Fsp3) is 0.450. The van der Waals surface area contributed by atoms with Gasteiger partial charge in [-0.2, -0.15) is 0 Å². The number of hydrogen-bond acceptors (Lipinski definition) is 7. The summed E-state index contributed by atoms with van der Waals surface area (Å²) >= 11 is 0. The number of tetrazole rings is 1. The quantitative estimate of drug-likeness (QED) is 0.632. The normalized spacial score (nSPS) is 14.9. The van der Waals surface area contributed by atoms with E-state index in [1.807, 2.05) is 55.1 Å². The third kappa shape index (κ3) is 3.98. The molecule has 0 unspecified atom stereocenters. The highest BCUT2D eigenvalue weighted by Crippen LogP contribution is 2.27. The van der Waals surface area contributed by atoms with E-state index in [0.29, 0.717) is 18.8 Å². The van der Waals surface area contributed by atoms with Crippen LogP contribution in [0, 0.1) is 5.92 Å². The fourth-order valence-electron chi connectivity index (χ4n) is 3.74. The molecular weight excluding hydrogens is 370 g/mol. The number of fused-ring (bicyclic) bond motifs is 1. The number of hydrogen-bond donors (Lipinski definition) is 0. The van der Waals surface area contributed by atoms with Crippen molar-refractivity contribution in [1.82, 2.24) is 25.3 Å². The lowest BCUT2D eigenvalue weighted by Crippen LogP contribution is -2.43. The van der Waals surface area contributed by atoms with E-state index in [2.05, 4.69) is 25.5 Å². The number of carbonyl (C=O) groups excluding carboxylic acids is 1. The first-order valence-corrected chi connectivity index (χ1v) is 10.0. The Morgan fingerprint density at radius 1 is 1.14 bits per heavy atom. The number of ether oxygens (including phenoxy) is 1. The third-order valence-corrected chi connectivity index (χ3v) is 5.27. The van der Waals surface area contributed by atoms with Crippen LogP contribution in [0.2, 0.25) is 0 Å². The average molecular weight is 395 g/mol. The maximum Gasteiger partial charge on any atom is 0.230 e. The Bertz CT molecular complexity index is 964. The standard InChI is InChI=1S/C20H25N7O2/c1-3-26(16-5-7-17(8-6-16)29-4-2)20(28)15-11-13-25(14-12-15)19-10-9-18-21-23-24-27(18)22-19/h5-10,15H,3-4,11-14H2,1-2H3. The first kappa shape index (κ1) is 19.1. The van der Waals surface area contributed by atoms with Crippen LogP contribution in [0.4, 0.5) is 11.5 Å². The van der Waals surface area contributed by atoms with E-state index in [0.717, 1.165) is 43.2 Å².